The number of carboxylic acid groups (broad SMARTS) is 1. The maximum absolute atomic E-state index is 14.3. The standard InChI is InChI=1S/C34H51N3O4/c1-32(2,3)18-16-28(24-10-12-25(13-11-24)30(40)35-21-17-29(38)39)37-31(41)27(22-23-8-7-9-23)36-34(37)19-14-26(15-20-34)33(4,5)6/h10-13,23,26,28H,7-9,14-22H2,1-6H3,(H,35,40)(H,38,39)/t26?,28-,34?/m1/s1. The summed E-state index contributed by atoms with van der Waals surface area (Å²) in [5.74, 6) is 0.0716. The summed E-state index contributed by atoms with van der Waals surface area (Å²) in [5, 5.41) is 11.6. The molecule has 2 fully saturated rings. The third-order valence-corrected chi connectivity index (χ3v) is 9.64. The normalized spacial score (nSPS) is 24.2. The van der Waals surface area contributed by atoms with Crippen LogP contribution in [0.2, 0.25) is 0 Å². The van der Waals surface area contributed by atoms with Crippen LogP contribution in [0.25, 0.3) is 0 Å². The highest BCUT2D eigenvalue weighted by Crippen LogP contribution is 2.50. The van der Waals surface area contributed by atoms with Gasteiger partial charge in [0, 0.05) is 12.1 Å². The van der Waals surface area contributed by atoms with Gasteiger partial charge in [-0.25, -0.2) is 0 Å². The number of aliphatic carboxylic acids is 1. The first-order valence-electron chi connectivity index (χ1n) is 15.7. The molecule has 3 aliphatic rings. The number of carboxylic acids is 1. The summed E-state index contributed by atoms with van der Waals surface area (Å²) in [7, 11) is 0. The van der Waals surface area contributed by atoms with E-state index in [0.717, 1.165) is 56.2 Å². The van der Waals surface area contributed by atoms with Crippen LogP contribution < -0.4 is 5.32 Å². The van der Waals surface area contributed by atoms with Crippen molar-refractivity contribution in [1.82, 2.24) is 10.2 Å². The van der Waals surface area contributed by atoms with Crippen molar-refractivity contribution in [1.29, 1.82) is 0 Å². The molecule has 7 nitrogen and oxygen atoms in total. The van der Waals surface area contributed by atoms with E-state index >= 15 is 0 Å². The van der Waals surface area contributed by atoms with Crippen molar-refractivity contribution < 1.29 is 19.5 Å². The summed E-state index contributed by atoms with van der Waals surface area (Å²) in [4.78, 5) is 45.3. The van der Waals surface area contributed by atoms with E-state index in [1.54, 1.807) is 12.1 Å². The van der Waals surface area contributed by atoms with Gasteiger partial charge in [-0.1, -0.05) is 72.9 Å². The highest BCUT2D eigenvalue weighted by molar-refractivity contribution is 6.40. The second-order valence-electron chi connectivity index (χ2n) is 15.0. The maximum Gasteiger partial charge on any atom is 0.305 e. The molecule has 2 aliphatic carbocycles. The molecule has 0 aromatic heterocycles. The Kier molecular flexibility index (Phi) is 9.35. The highest BCUT2D eigenvalue weighted by Gasteiger charge is 2.52. The molecule has 1 spiro atoms. The Morgan fingerprint density at radius 3 is 2.20 bits per heavy atom. The second kappa shape index (κ2) is 12.3. The lowest BCUT2D eigenvalue weighted by molar-refractivity contribution is -0.137. The Bertz CT molecular complexity index is 1130. The third-order valence-electron chi connectivity index (χ3n) is 9.64. The predicted molar refractivity (Wildman–Crippen MR) is 163 cm³/mol. The number of rotatable bonds is 10. The van der Waals surface area contributed by atoms with Gasteiger partial charge in [0.25, 0.3) is 11.8 Å². The van der Waals surface area contributed by atoms with Gasteiger partial charge in [0.1, 0.15) is 11.4 Å². The number of hydrogen-bond acceptors (Lipinski definition) is 4. The van der Waals surface area contributed by atoms with E-state index in [2.05, 4.69) is 51.8 Å². The number of nitrogens with zero attached hydrogens (tertiary/aromatic N) is 2. The molecule has 0 saturated heterocycles. The number of hydrogen-bond donors (Lipinski definition) is 2. The van der Waals surface area contributed by atoms with Crippen LogP contribution in [-0.4, -0.2) is 45.7 Å². The van der Waals surface area contributed by atoms with Crippen molar-refractivity contribution in [2.24, 2.45) is 27.7 Å². The highest BCUT2D eigenvalue weighted by atomic mass is 16.4. The maximum atomic E-state index is 14.3. The van der Waals surface area contributed by atoms with E-state index in [0.29, 0.717) is 17.4 Å². The van der Waals surface area contributed by atoms with Gasteiger partial charge in [0.05, 0.1) is 12.5 Å². The summed E-state index contributed by atoms with van der Waals surface area (Å²) in [6.07, 6.45) is 10.0. The molecule has 7 heteroatoms. The Balaban J connectivity index is 1.64. The third kappa shape index (κ3) is 7.58. The van der Waals surface area contributed by atoms with E-state index in [-0.39, 0.29) is 41.7 Å². The predicted octanol–water partition coefficient (Wildman–Crippen LogP) is 7.16. The molecule has 1 atom stereocenters. The van der Waals surface area contributed by atoms with Crippen molar-refractivity contribution in [2.75, 3.05) is 6.54 Å². The van der Waals surface area contributed by atoms with Crippen LogP contribution in [0.1, 0.15) is 134 Å². The van der Waals surface area contributed by atoms with Crippen LogP contribution in [0.5, 0.6) is 0 Å². The fraction of sp³-hybridized carbons (Fsp3) is 0.706. The lowest BCUT2D eigenvalue weighted by Gasteiger charge is -2.48. The molecule has 1 heterocycles. The Morgan fingerprint density at radius 2 is 1.68 bits per heavy atom. The minimum Gasteiger partial charge on any atom is -0.481 e. The fourth-order valence-electron chi connectivity index (χ4n) is 6.77. The van der Waals surface area contributed by atoms with E-state index in [9.17, 15) is 14.4 Å². The summed E-state index contributed by atoms with van der Waals surface area (Å²) in [5.41, 5.74) is 2.15. The number of carbonyl (C=O) groups excluding carboxylic acids is 2. The van der Waals surface area contributed by atoms with Crippen molar-refractivity contribution in [2.45, 2.75) is 124 Å². The first kappa shape index (κ1) is 31.2. The molecule has 226 valence electrons. The van der Waals surface area contributed by atoms with Gasteiger partial charge in [0.2, 0.25) is 0 Å². The number of carbonyl (C=O) groups is 3. The van der Waals surface area contributed by atoms with Gasteiger partial charge in [-0.3, -0.25) is 19.4 Å². The molecule has 4 rings (SSSR count). The van der Waals surface area contributed by atoms with Crippen molar-refractivity contribution >= 4 is 23.5 Å². The van der Waals surface area contributed by atoms with Gasteiger partial charge in [-0.2, -0.15) is 0 Å². The molecule has 0 bridgehead atoms. The van der Waals surface area contributed by atoms with Crippen LogP contribution in [0.4, 0.5) is 0 Å². The lowest BCUT2D eigenvalue weighted by Crippen LogP contribution is -2.51. The Labute approximate surface area is 246 Å². The van der Waals surface area contributed by atoms with Gasteiger partial charge in [-0.15, -0.1) is 0 Å². The average molecular weight is 566 g/mol. The Morgan fingerprint density at radius 1 is 1.05 bits per heavy atom. The lowest BCUT2D eigenvalue weighted by atomic mass is 9.69. The van der Waals surface area contributed by atoms with Crippen LogP contribution in [0, 0.1) is 22.7 Å². The number of aliphatic imine (C=N–C) groups is 1. The molecule has 1 aromatic rings. The summed E-state index contributed by atoms with van der Waals surface area (Å²) < 4.78 is 0. The smallest absolute Gasteiger partial charge is 0.305 e. The van der Waals surface area contributed by atoms with E-state index in [1.165, 1.54) is 19.3 Å². The van der Waals surface area contributed by atoms with E-state index in [4.69, 9.17) is 10.1 Å². The van der Waals surface area contributed by atoms with E-state index < -0.39 is 11.6 Å². The zero-order chi connectivity index (χ0) is 30.0. The number of amides is 2. The van der Waals surface area contributed by atoms with Crippen molar-refractivity contribution in [3.63, 3.8) is 0 Å². The van der Waals surface area contributed by atoms with E-state index in [1.807, 2.05) is 12.1 Å². The first-order chi connectivity index (χ1) is 19.2. The minimum atomic E-state index is -0.943. The largest absolute Gasteiger partial charge is 0.481 e. The number of nitrogens with one attached hydrogen (secondary N) is 1. The van der Waals surface area contributed by atoms with Gasteiger partial charge in [-0.05, 0) is 85.3 Å². The quantitative estimate of drug-likeness (QED) is 0.314. The van der Waals surface area contributed by atoms with Crippen LogP contribution >= 0.6 is 0 Å². The Hall–Kier alpha value is -2.70. The average Bonchev–Trinajstić information content (AvgIpc) is 3.11. The van der Waals surface area contributed by atoms with Crippen LogP contribution in [0.15, 0.2) is 29.3 Å². The fourth-order valence-corrected chi connectivity index (χ4v) is 6.77. The molecule has 0 unspecified atom stereocenters. The molecular formula is C34H51N3O4. The molecular weight excluding hydrogens is 514 g/mol. The molecule has 0 radical (unpaired) electrons. The second-order valence-corrected chi connectivity index (χ2v) is 15.0. The molecule has 2 saturated carbocycles. The molecule has 1 aliphatic heterocycles. The van der Waals surface area contributed by atoms with Crippen LogP contribution in [-0.2, 0) is 9.59 Å². The molecule has 2 amide bonds. The monoisotopic (exact) mass is 565 g/mol. The van der Waals surface area contributed by atoms with Crippen molar-refractivity contribution in [3.8, 4) is 0 Å². The molecule has 41 heavy (non-hydrogen) atoms. The minimum absolute atomic E-state index is 0.0889. The zero-order valence-electron chi connectivity index (χ0n) is 26.1. The van der Waals surface area contributed by atoms with Gasteiger partial charge >= 0.3 is 5.97 Å². The first-order valence-corrected chi connectivity index (χ1v) is 15.7. The van der Waals surface area contributed by atoms with Crippen molar-refractivity contribution in [3.05, 3.63) is 35.4 Å². The molecule has 2 N–H and O–H groups in total. The SMILES string of the molecule is CC(C)(C)CC[C@H](c1ccc(C(=O)NCCC(=O)O)cc1)N1C(=O)C(CC2CCC2)=NC12CCC(C(C)(C)C)CC2. The van der Waals surface area contributed by atoms with Crippen LogP contribution in [0.3, 0.4) is 0 Å². The summed E-state index contributed by atoms with van der Waals surface area (Å²) in [6, 6.07) is 7.43. The van der Waals surface area contributed by atoms with Gasteiger partial charge in [0.15, 0.2) is 0 Å². The summed E-state index contributed by atoms with van der Waals surface area (Å²) in [6.45, 7) is 13.8. The zero-order valence-corrected chi connectivity index (χ0v) is 26.1. The summed E-state index contributed by atoms with van der Waals surface area (Å²) >= 11 is 0. The van der Waals surface area contributed by atoms with Gasteiger partial charge < -0.3 is 15.3 Å². The number of benzene rings is 1. The topological polar surface area (TPSA) is 99.1 Å². The molecule has 1 aromatic carbocycles.